The number of benzene rings is 3. The van der Waals surface area contributed by atoms with Crippen molar-refractivity contribution in [2.75, 3.05) is 19.5 Å². The lowest BCUT2D eigenvalue weighted by atomic mass is 10.1. The Morgan fingerprint density at radius 2 is 1.45 bits per heavy atom. The van der Waals surface area contributed by atoms with Crippen LogP contribution < -0.4 is 14.8 Å². The highest BCUT2D eigenvalue weighted by Crippen LogP contribution is 2.24. The van der Waals surface area contributed by atoms with Crippen LogP contribution in [0.4, 0.5) is 10.5 Å². The summed E-state index contributed by atoms with van der Waals surface area (Å²) in [5.74, 6) is 1.47. The summed E-state index contributed by atoms with van der Waals surface area (Å²) in [6.07, 6.45) is 3.47. The first-order valence-corrected chi connectivity index (χ1v) is 9.15. The molecule has 1 amide bonds. The molecule has 0 radical (unpaired) electrons. The number of ether oxygens (including phenoxy) is 3. The molecular formula is C24H23NO4. The van der Waals surface area contributed by atoms with Crippen LogP contribution in [0.5, 0.6) is 11.5 Å². The number of hydrogen-bond acceptors (Lipinski definition) is 4. The second-order valence-electron chi connectivity index (χ2n) is 6.29. The molecule has 5 nitrogen and oxygen atoms in total. The van der Waals surface area contributed by atoms with Gasteiger partial charge in [0, 0.05) is 11.8 Å². The third-order valence-electron chi connectivity index (χ3n) is 4.21. The van der Waals surface area contributed by atoms with Gasteiger partial charge in [0.25, 0.3) is 0 Å². The second kappa shape index (κ2) is 9.99. The predicted octanol–water partition coefficient (Wildman–Crippen LogP) is 5.62. The van der Waals surface area contributed by atoms with Crippen molar-refractivity contribution in [3.63, 3.8) is 0 Å². The first-order valence-electron chi connectivity index (χ1n) is 9.15. The highest BCUT2D eigenvalue weighted by molar-refractivity contribution is 5.85. The fraction of sp³-hybridized carbons (Fsp3) is 0.125. The van der Waals surface area contributed by atoms with E-state index in [-0.39, 0.29) is 6.61 Å². The van der Waals surface area contributed by atoms with Gasteiger partial charge < -0.3 is 14.2 Å². The molecule has 5 heteroatoms. The first-order chi connectivity index (χ1) is 14.2. The second-order valence-corrected chi connectivity index (χ2v) is 6.29. The molecule has 148 valence electrons. The molecule has 0 aromatic heterocycles. The molecule has 0 saturated carbocycles. The Hall–Kier alpha value is -3.73. The van der Waals surface area contributed by atoms with Gasteiger partial charge in [-0.2, -0.15) is 0 Å². The van der Waals surface area contributed by atoms with E-state index in [1.165, 1.54) is 0 Å². The van der Waals surface area contributed by atoms with Crippen LogP contribution >= 0.6 is 0 Å². The van der Waals surface area contributed by atoms with Crippen molar-refractivity contribution in [3.8, 4) is 11.5 Å². The molecule has 0 spiro atoms. The van der Waals surface area contributed by atoms with E-state index in [4.69, 9.17) is 14.2 Å². The third-order valence-corrected chi connectivity index (χ3v) is 4.21. The van der Waals surface area contributed by atoms with Crippen LogP contribution in [0.1, 0.15) is 16.7 Å². The lowest BCUT2D eigenvalue weighted by molar-refractivity contribution is 0.155. The number of anilines is 1. The van der Waals surface area contributed by atoms with Gasteiger partial charge in [0.1, 0.15) is 18.1 Å². The SMILES string of the molecule is COc1cc(C=Cc2ccc(NC(=O)OCc3ccccc3)cc2)cc(OC)c1. The van der Waals surface area contributed by atoms with Crippen LogP contribution in [0.25, 0.3) is 12.2 Å². The fourth-order valence-corrected chi connectivity index (χ4v) is 2.67. The normalized spacial score (nSPS) is 10.6. The number of carbonyl (C=O) groups excluding carboxylic acids is 1. The zero-order chi connectivity index (χ0) is 20.5. The number of nitrogens with one attached hydrogen (secondary N) is 1. The molecule has 0 bridgehead atoms. The molecule has 3 aromatic rings. The summed E-state index contributed by atoms with van der Waals surface area (Å²) in [5, 5.41) is 2.73. The van der Waals surface area contributed by atoms with Crippen LogP contribution in [0.2, 0.25) is 0 Å². The summed E-state index contributed by atoms with van der Waals surface area (Å²) in [5.41, 5.74) is 3.57. The lowest BCUT2D eigenvalue weighted by Gasteiger charge is -2.07. The van der Waals surface area contributed by atoms with Gasteiger partial charge in [-0.15, -0.1) is 0 Å². The molecule has 29 heavy (non-hydrogen) atoms. The number of hydrogen-bond donors (Lipinski definition) is 1. The molecule has 0 aliphatic carbocycles. The van der Waals surface area contributed by atoms with E-state index < -0.39 is 6.09 Å². The van der Waals surface area contributed by atoms with Crippen molar-refractivity contribution in [1.82, 2.24) is 0 Å². The molecule has 0 atom stereocenters. The highest BCUT2D eigenvalue weighted by Gasteiger charge is 2.04. The Labute approximate surface area is 170 Å². The summed E-state index contributed by atoms with van der Waals surface area (Å²) in [6.45, 7) is 0.234. The largest absolute Gasteiger partial charge is 0.497 e. The standard InChI is InChI=1S/C24H23NO4/c1-27-22-14-20(15-23(16-22)28-2)9-8-18-10-12-21(13-11-18)25-24(26)29-17-19-6-4-3-5-7-19/h3-16H,17H2,1-2H3,(H,25,26). The number of methoxy groups -OCH3 is 2. The molecule has 0 heterocycles. The van der Waals surface area contributed by atoms with Crippen molar-refractivity contribution >= 4 is 23.9 Å². The Bertz CT molecular complexity index is 944. The van der Waals surface area contributed by atoms with Crippen LogP contribution in [-0.4, -0.2) is 20.3 Å². The van der Waals surface area contributed by atoms with Gasteiger partial charge in [-0.05, 0) is 41.0 Å². The monoisotopic (exact) mass is 389 g/mol. The summed E-state index contributed by atoms with van der Waals surface area (Å²) in [6, 6.07) is 22.7. The minimum atomic E-state index is -0.486. The molecule has 0 aliphatic heterocycles. The maximum absolute atomic E-state index is 11.9. The van der Waals surface area contributed by atoms with E-state index in [9.17, 15) is 4.79 Å². The van der Waals surface area contributed by atoms with Gasteiger partial charge in [0.2, 0.25) is 0 Å². The van der Waals surface area contributed by atoms with Gasteiger partial charge in [0.05, 0.1) is 14.2 Å². The van der Waals surface area contributed by atoms with Gasteiger partial charge in [-0.3, -0.25) is 5.32 Å². The Kier molecular flexibility index (Phi) is 6.90. The van der Waals surface area contributed by atoms with Gasteiger partial charge in [-0.1, -0.05) is 54.6 Å². The number of amides is 1. The quantitative estimate of drug-likeness (QED) is 0.533. The predicted molar refractivity (Wildman–Crippen MR) is 115 cm³/mol. The maximum Gasteiger partial charge on any atom is 0.411 e. The third kappa shape index (κ3) is 6.14. The number of carbonyl (C=O) groups is 1. The van der Waals surface area contributed by atoms with Crippen LogP contribution in [0.3, 0.4) is 0 Å². The Morgan fingerprint density at radius 1 is 0.828 bits per heavy atom. The summed E-state index contributed by atoms with van der Waals surface area (Å²) in [7, 11) is 3.25. The van der Waals surface area contributed by atoms with E-state index in [1.807, 2.05) is 84.9 Å². The minimum Gasteiger partial charge on any atom is -0.497 e. The van der Waals surface area contributed by atoms with E-state index in [0.717, 1.165) is 28.2 Å². The zero-order valence-electron chi connectivity index (χ0n) is 16.4. The summed E-state index contributed by atoms with van der Waals surface area (Å²) >= 11 is 0. The van der Waals surface area contributed by atoms with Crippen LogP contribution in [0.15, 0.2) is 72.8 Å². The van der Waals surface area contributed by atoms with Crippen molar-refractivity contribution in [2.45, 2.75) is 6.61 Å². The molecule has 3 rings (SSSR count). The molecular weight excluding hydrogens is 366 g/mol. The highest BCUT2D eigenvalue weighted by atomic mass is 16.5. The molecule has 1 N–H and O–H groups in total. The zero-order valence-corrected chi connectivity index (χ0v) is 16.4. The molecule has 0 unspecified atom stereocenters. The first kappa shape index (κ1) is 20.0. The van der Waals surface area contributed by atoms with Gasteiger partial charge in [0.15, 0.2) is 0 Å². The lowest BCUT2D eigenvalue weighted by Crippen LogP contribution is -2.13. The van der Waals surface area contributed by atoms with E-state index in [1.54, 1.807) is 14.2 Å². The van der Waals surface area contributed by atoms with Crippen molar-refractivity contribution in [3.05, 3.63) is 89.5 Å². The summed E-state index contributed by atoms with van der Waals surface area (Å²) < 4.78 is 15.8. The van der Waals surface area contributed by atoms with E-state index >= 15 is 0 Å². The van der Waals surface area contributed by atoms with Crippen LogP contribution in [0, 0.1) is 0 Å². The van der Waals surface area contributed by atoms with Crippen LogP contribution in [-0.2, 0) is 11.3 Å². The van der Waals surface area contributed by atoms with Crippen molar-refractivity contribution in [1.29, 1.82) is 0 Å². The fourth-order valence-electron chi connectivity index (χ4n) is 2.67. The molecule has 3 aromatic carbocycles. The van der Waals surface area contributed by atoms with E-state index in [0.29, 0.717) is 5.69 Å². The van der Waals surface area contributed by atoms with Gasteiger partial charge >= 0.3 is 6.09 Å². The number of rotatable bonds is 7. The Balaban J connectivity index is 1.57. The average Bonchev–Trinajstić information content (AvgIpc) is 2.77. The minimum absolute atomic E-state index is 0.234. The molecule has 0 saturated heterocycles. The summed E-state index contributed by atoms with van der Waals surface area (Å²) in [4.78, 5) is 11.9. The van der Waals surface area contributed by atoms with Gasteiger partial charge in [-0.25, -0.2) is 4.79 Å². The topological polar surface area (TPSA) is 56.8 Å². The smallest absolute Gasteiger partial charge is 0.411 e. The van der Waals surface area contributed by atoms with Crippen molar-refractivity contribution in [2.24, 2.45) is 0 Å². The molecule has 0 aliphatic rings. The maximum atomic E-state index is 11.9. The Morgan fingerprint density at radius 3 is 2.07 bits per heavy atom. The molecule has 0 fully saturated rings. The van der Waals surface area contributed by atoms with Crippen molar-refractivity contribution < 1.29 is 19.0 Å². The average molecular weight is 389 g/mol. The van der Waals surface area contributed by atoms with E-state index in [2.05, 4.69) is 5.32 Å².